The molecule has 2 aliphatic heterocycles. The first-order chi connectivity index (χ1) is 15.7. The zero-order chi connectivity index (χ0) is 22.2. The molecule has 32 heavy (non-hydrogen) atoms. The molecular formula is C28H40N2O2. The molecule has 2 N–H and O–H groups in total. The van der Waals surface area contributed by atoms with Crippen molar-refractivity contribution in [3.63, 3.8) is 0 Å². The minimum Gasteiger partial charge on any atom is -0.387 e. The zero-order valence-corrected chi connectivity index (χ0v) is 19.5. The van der Waals surface area contributed by atoms with Crippen LogP contribution in [0.25, 0.3) is 0 Å². The van der Waals surface area contributed by atoms with E-state index in [1.807, 2.05) is 0 Å². The van der Waals surface area contributed by atoms with Gasteiger partial charge in [0.05, 0.1) is 12.2 Å². The van der Waals surface area contributed by atoms with E-state index in [1.54, 1.807) is 0 Å². The number of β-amino-alcohol motifs (C(OH)–C–C–N with tert-alkyl or cyclic N) is 2. The van der Waals surface area contributed by atoms with Crippen molar-refractivity contribution in [2.45, 2.75) is 63.6 Å². The fourth-order valence-electron chi connectivity index (χ4n) is 5.09. The van der Waals surface area contributed by atoms with Crippen molar-refractivity contribution in [3.8, 4) is 0 Å². The van der Waals surface area contributed by atoms with Crippen LogP contribution in [0, 0.1) is 0 Å². The lowest BCUT2D eigenvalue weighted by molar-refractivity contribution is 0.101. The summed E-state index contributed by atoms with van der Waals surface area (Å²) in [4.78, 5) is 4.77. The van der Waals surface area contributed by atoms with E-state index in [1.165, 1.54) is 49.7 Å². The molecular weight excluding hydrogens is 396 g/mol. The largest absolute Gasteiger partial charge is 0.387 e. The molecule has 4 rings (SSSR count). The first-order valence-corrected chi connectivity index (χ1v) is 12.7. The van der Waals surface area contributed by atoms with E-state index < -0.39 is 12.2 Å². The van der Waals surface area contributed by atoms with E-state index in [9.17, 15) is 10.2 Å². The number of aliphatic hydroxyl groups excluding tert-OH is 2. The molecule has 2 aromatic carbocycles. The monoisotopic (exact) mass is 436 g/mol. The number of hydrogen-bond acceptors (Lipinski definition) is 4. The predicted octanol–water partition coefficient (Wildman–Crippen LogP) is 4.51. The van der Waals surface area contributed by atoms with Gasteiger partial charge in [0.15, 0.2) is 0 Å². The van der Waals surface area contributed by atoms with Gasteiger partial charge in [0, 0.05) is 13.1 Å². The van der Waals surface area contributed by atoms with Crippen LogP contribution in [0.1, 0.15) is 73.0 Å². The number of piperidine rings is 2. The molecule has 0 saturated carbocycles. The fourth-order valence-corrected chi connectivity index (χ4v) is 5.09. The molecule has 2 atom stereocenters. The van der Waals surface area contributed by atoms with E-state index in [0.29, 0.717) is 0 Å². The highest BCUT2D eigenvalue weighted by molar-refractivity contribution is 5.28. The lowest BCUT2D eigenvalue weighted by Gasteiger charge is -2.28. The summed E-state index contributed by atoms with van der Waals surface area (Å²) < 4.78 is 0. The molecule has 174 valence electrons. The molecule has 2 unspecified atom stereocenters. The number of likely N-dealkylation sites (tertiary alicyclic amines) is 2. The summed E-state index contributed by atoms with van der Waals surface area (Å²) in [5, 5.41) is 21.2. The number of aryl methyl sites for hydroxylation is 2. The minimum atomic E-state index is -0.397. The zero-order valence-electron chi connectivity index (χ0n) is 19.5. The second-order valence-electron chi connectivity index (χ2n) is 9.74. The van der Waals surface area contributed by atoms with Crippen molar-refractivity contribution in [2.75, 3.05) is 39.3 Å². The van der Waals surface area contributed by atoms with Gasteiger partial charge in [-0.15, -0.1) is 0 Å². The third-order valence-electron chi connectivity index (χ3n) is 7.19. The Morgan fingerprint density at radius 3 is 1.22 bits per heavy atom. The summed E-state index contributed by atoms with van der Waals surface area (Å²) in [5.41, 5.74) is 4.64. The molecule has 0 bridgehead atoms. The van der Waals surface area contributed by atoms with Crippen molar-refractivity contribution < 1.29 is 10.2 Å². The van der Waals surface area contributed by atoms with Crippen LogP contribution in [0.5, 0.6) is 0 Å². The first-order valence-electron chi connectivity index (χ1n) is 12.7. The van der Waals surface area contributed by atoms with Crippen LogP contribution in [0.15, 0.2) is 48.5 Å². The van der Waals surface area contributed by atoms with Gasteiger partial charge in [0.25, 0.3) is 0 Å². The summed E-state index contributed by atoms with van der Waals surface area (Å²) in [6.45, 7) is 5.95. The van der Waals surface area contributed by atoms with E-state index in [0.717, 1.165) is 63.2 Å². The lowest BCUT2D eigenvalue weighted by atomic mass is 9.99. The second-order valence-corrected chi connectivity index (χ2v) is 9.74. The molecule has 0 aliphatic carbocycles. The van der Waals surface area contributed by atoms with Crippen molar-refractivity contribution >= 4 is 0 Å². The molecule has 0 radical (unpaired) electrons. The number of rotatable bonds is 9. The van der Waals surface area contributed by atoms with Gasteiger partial charge < -0.3 is 20.0 Å². The third kappa shape index (κ3) is 6.89. The Morgan fingerprint density at radius 1 is 0.531 bits per heavy atom. The first kappa shape index (κ1) is 23.4. The molecule has 0 aromatic heterocycles. The molecule has 0 spiro atoms. The smallest absolute Gasteiger partial charge is 0.0916 e. The summed E-state index contributed by atoms with van der Waals surface area (Å²) >= 11 is 0. The minimum absolute atomic E-state index is 0.397. The molecule has 2 fully saturated rings. The average Bonchev–Trinajstić information content (AvgIpc) is 2.84. The number of benzene rings is 2. The van der Waals surface area contributed by atoms with Crippen molar-refractivity contribution in [1.29, 1.82) is 0 Å². The van der Waals surface area contributed by atoms with Crippen molar-refractivity contribution in [2.24, 2.45) is 0 Å². The number of hydrogen-bond donors (Lipinski definition) is 2. The Balaban J connectivity index is 1.23. The van der Waals surface area contributed by atoms with Crippen molar-refractivity contribution in [1.82, 2.24) is 9.80 Å². The second kappa shape index (κ2) is 11.9. The van der Waals surface area contributed by atoms with Crippen LogP contribution in [-0.4, -0.2) is 59.3 Å². The van der Waals surface area contributed by atoms with Gasteiger partial charge in [0.2, 0.25) is 0 Å². The Hall–Kier alpha value is -1.72. The van der Waals surface area contributed by atoms with Crippen LogP contribution < -0.4 is 0 Å². The Morgan fingerprint density at radius 2 is 0.875 bits per heavy atom. The Bertz CT molecular complexity index is 724. The van der Waals surface area contributed by atoms with Gasteiger partial charge in [-0.1, -0.05) is 61.4 Å². The van der Waals surface area contributed by atoms with Crippen LogP contribution in [-0.2, 0) is 12.8 Å². The highest BCUT2D eigenvalue weighted by atomic mass is 16.3. The predicted molar refractivity (Wildman–Crippen MR) is 131 cm³/mol. The maximum Gasteiger partial charge on any atom is 0.0916 e. The van der Waals surface area contributed by atoms with Gasteiger partial charge in [-0.25, -0.2) is 0 Å². The molecule has 4 nitrogen and oxygen atoms in total. The third-order valence-corrected chi connectivity index (χ3v) is 7.19. The molecule has 2 aliphatic rings. The topological polar surface area (TPSA) is 46.9 Å². The summed E-state index contributed by atoms with van der Waals surface area (Å²) in [6.07, 6.45) is 8.84. The highest BCUT2D eigenvalue weighted by Gasteiger charge is 2.17. The van der Waals surface area contributed by atoms with Gasteiger partial charge in [0.1, 0.15) is 0 Å². The van der Waals surface area contributed by atoms with E-state index >= 15 is 0 Å². The van der Waals surface area contributed by atoms with Crippen LogP contribution in [0.4, 0.5) is 0 Å². The molecule has 2 aromatic rings. The number of nitrogens with zero attached hydrogens (tertiary/aromatic N) is 2. The van der Waals surface area contributed by atoms with E-state index in [2.05, 4.69) is 58.3 Å². The van der Waals surface area contributed by atoms with Crippen molar-refractivity contribution in [3.05, 3.63) is 70.8 Å². The fraction of sp³-hybridized carbons (Fsp3) is 0.571. The quantitative estimate of drug-likeness (QED) is 0.607. The van der Waals surface area contributed by atoms with Crippen LogP contribution in [0.2, 0.25) is 0 Å². The van der Waals surface area contributed by atoms with E-state index in [-0.39, 0.29) is 0 Å². The molecule has 2 heterocycles. The SMILES string of the molecule is OC(CN1CCCCC1)c1ccc(CCc2ccc(C(O)CN3CCCCC3)cc2)cc1. The van der Waals surface area contributed by atoms with E-state index in [4.69, 9.17) is 0 Å². The summed E-state index contributed by atoms with van der Waals surface area (Å²) in [7, 11) is 0. The van der Waals surface area contributed by atoms with Crippen LogP contribution in [0.3, 0.4) is 0 Å². The van der Waals surface area contributed by atoms with Gasteiger partial charge >= 0.3 is 0 Å². The number of aliphatic hydroxyl groups is 2. The molecule has 0 amide bonds. The van der Waals surface area contributed by atoms with Gasteiger partial charge in [-0.3, -0.25) is 0 Å². The Labute approximate surface area is 193 Å². The molecule has 2 saturated heterocycles. The maximum absolute atomic E-state index is 10.6. The molecule has 4 heteroatoms. The highest BCUT2D eigenvalue weighted by Crippen LogP contribution is 2.20. The maximum atomic E-state index is 10.6. The van der Waals surface area contributed by atoms with Crippen LogP contribution >= 0.6 is 0 Å². The normalized spacial score (nSPS) is 20.2. The summed E-state index contributed by atoms with van der Waals surface area (Å²) in [6, 6.07) is 17.0. The van der Waals surface area contributed by atoms with Gasteiger partial charge in [-0.05, 0) is 87.0 Å². The van der Waals surface area contributed by atoms with Gasteiger partial charge in [-0.2, -0.15) is 0 Å². The standard InChI is InChI=1S/C28H40N2O2/c31-27(21-29-17-3-1-4-18-29)25-13-9-23(10-14-25)7-8-24-11-15-26(16-12-24)28(32)22-30-19-5-2-6-20-30/h9-16,27-28,31-32H,1-8,17-22H2. The lowest BCUT2D eigenvalue weighted by Crippen LogP contribution is -2.33. The Kier molecular flexibility index (Phi) is 8.75. The summed E-state index contributed by atoms with van der Waals surface area (Å²) in [5.74, 6) is 0. The average molecular weight is 437 g/mol.